The van der Waals surface area contributed by atoms with E-state index in [0.29, 0.717) is 18.5 Å². The molecule has 7 nitrogen and oxygen atoms in total. The van der Waals surface area contributed by atoms with E-state index in [2.05, 4.69) is 26.9 Å². The molecule has 4 rings (SSSR count). The molecule has 166 valence electrons. The standard InChI is InChI=1S/C21H24F3N5O2/c22-21(23,24)20(18-27-17(28-31-18)16-4-2-1-3-5-16)9-13-29(14-20)19(30)26-12-8-15-6-10-25-11-7-15/h1-6,25H,7-14H2,(H,26,30). The third-order valence-corrected chi connectivity index (χ3v) is 5.85. The molecule has 0 saturated carbocycles. The van der Waals surface area contributed by atoms with Gasteiger partial charge in [-0.15, -0.1) is 0 Å². The number of rotatable bonds is 5. The van der Waals surface area contributed by atoms with E-state index >= 15 is 0 Å². The minimum Gasteiger partial charge on any atom is -0.338 e. The molecule has 2 aromatic rings. The van der Waals surface area contributed by atoms with E-state index in [-0.39, 0.29) is 18.8 Å². The first-order valence-electron chi connectivity index (χ1n) is 10.3. The average Bonchev–Trinajstić information content (AvgIpc) is 3.43. The highest BCUT2D eigenvalue weighted by molar-refractivity contribution is 5.74. The van der Waals surface area contributed by atoms with Crippen LogP contribution in [0.15, 0.2) is 46.5 Å². The van der Waals surface area contributed by atoms with Crippen molar-refractivity contribution in [3.05, 3.63) is 47.9 Å². The first kappa shape index (κ1) is 21.4. The van der Waals surface area contributed by atoms with Gasteiger partial charge in [0.15, 0.2) is 5.41 Å². The van der Waals surface area contributed by atoms with Crippen LogP contribution in [0.2, 0.25) is 0 Å². The molecule has 0 spiro atoms. The Bertz CT molecular complexity index is 944. The number of benzene rings is 1. The minimum absolute atomic E-state index is 0.0407. The number of alkyl halides is 3. The molecule has 3 heterocycles. The Labute approximate surface area is 177 Å². The zero-order valence-electron chi connectivity index (χ0n) is 16.9. The van der Waals surface area contributed by atoms with Gasteiger partial charge >= 0.3 is 12.2 Å². The molecule has 2 amide bonds. The maximum atomic E-state index is 14.1. The van der Waals surface area contributed by atoms with E-state index in [9.17, 15) is 18.0 Å². The molecule has 2 aliphatic heterocycles. The number of nitrogens with one attached hydrogen (secondary N) is 2. The second kappa shape index (κ2) is 8.70. The predicted octanol–water partition coefficient (Wildman–Crippen LogP) is 3.26. The van der Waals surface area contributed by atoms with Gasteiger partial charge in [-0.1, -0.05) is 47.1 Å². The van der Waals surface area contributed by atoms with Crippen LogP contribution in [0.5, 0.6) is 0 Å². The summed E-state index contributed by atoms with van der Waals surface area (Å²) in [6, 6.07) is 8.15. The van der Waals surface area contributed by atoms with Gasteiger partial charge in [0.2, 0.25) is 11.7 Å². The highest BCUT2D eigenvalue weighted by Crippen LogP contribution is 2.47. The van der Waals surface area contributed by atoms with Crippen LogP contribution in [0.4, 0.5) is 18.0 Å². The molecular formula is C21H24F3N5O2. The van der Waals surface area contributed by atoms with Gasteiger partial charge in [-0.3, -0.25) is 0 Å². The second-order valence-corrected chi connectivity index (χ2v) is 7.84. The summed E-state index contributed by atoms with van der Waals surface area (Å²) >= 11 is 0. The third-order valence-electron chi connectivity index (χ3n) is 5.85. The van der Waals surface area contributed by atoms with Crippen molar-refractivity contribution < 1.29 is 22.5 Å². The lowest BCUT2D eigenvalue weighted by atomic mass is 9.86. The Hall–Kier alpha value is -2.88. The molecule has 1 aromatic heterocycles. The summed E-state index contributed by atoms with van der Waals surface area (Å²) in [6.07, 6.45) is -1.27. The Kier molecular flexibility index (Phi) is 5.99. The molecule has 1 atom stereocenters. The zero-order chi connectivity index (χ0) is 21.9. The van der Waals surface area contributed by atoms with Crippen LogP contribution in [-0.4, -0.2) is 60.0 Å². The Morgan fingerprint density at radius 3 is 2.81 bits per heavy atom. The van der Waals surface area contributed by atoms with Crippen LogP contribution in [-0.2, 0) is 5.41 Å². The molecule has 0 radical (unpaired) electrons. The van der Waals surface area contributed by atoms with Crippen molar-refractivity contribution in [1.82, 2.24) is 25.7 Å². The van der Waals surface area contributed by atoms with Gasteiger partial charge in [0, 0.05) is 31.7 Å². The number of hydrogen-bond acceptors (Lipinski definition) is 5. The van der Waals surface area contributed by atoms with Crippen molar-refractivity contribution in [3.8, 4) is 11.4 Å². The molecule has 1 unspecified atom stereocenters. The van der Waals surface area contributed by atoms with Crippen LogP contribution in [0.25, 0.3) is 11.4 Å². The summed E-state index contributed by atoms with van der Waals surface area (Å²) in [4.78, 5) is 17.7. The molecule has 2 aliphatic rings. The van der Waals surface area contributed by atoms with Gasteiger partial charge in [-0.05, 0) is 25.8 Å². The highest BCUT2D eigenvalue weighted by Gasteiger charge is 2.63. The van der Waals surface area contributed by atoms with Crippen molar-refractivity contribution in [3.63, 3.8) is 0 Å². The van der Waals surface area contributed by atoms with Gasteiger partial charge in [-0.2, -0.15) is 18.2 Å². The van der Waals surface area contributed by atoms with Crippen LogP contribution in [0, 0.1) is 0 Å². The lowest BCUT2D eigenvalue weighted by Gasteiger charge is -2.28. The van der Waals surface area contributed by atoms with Crippen molar-refractivity contribution >= 4 is 6.03 Å². The average molecular weight is 435 g/mol. The summed E-state index contributed by atoms with van der Waals surface area (Å²) in [5, 5.41) is 9.69. The Morgan fingerprint density at radius 2 is 2.10 bits per heavy atom. The van der Waals surface area contributed by atoms with Gasteiger partial charge in [0.05, 0.1) is 0 Å². The largest absolute Gasteiger partial charge is 0.405 e. The highest BCUT2D eigenvalue weighted by atomic mass is 19.4. The third kappa shape index (κ3) is 4.43. The van der Waals surface area contributed by atoms with Gasteiger partial charge in [0.25, 0.3) is 0 Å². The predicted molar refractivity (Wildman–Crippen MR) is 107 cm³/mol. The van der Waals surface area contributed by atoms with Crippen molar-refractivity contribution in [1.29, 1.82) is 0 Å². The maximum absolute atomic E-state index is 14.1. The van der Waals surface area contributed by atoms with E-state index in [0.717, 1.165) is 19.5 Å². The summed E-state index contributed by atoms with van der Waals surface area (Å²) in [6.45, 7) is 1.50. The normalized spacial score (nSPS) is 21.8. The first-order valence-corrected chi connectivity index (χ1v) is 10.3. The Balaban J connectivity index is 1.45. The van der Waals surface area contributed by atoms with E-state index in [1.807, 2.05) is 0 Å². The van der Waals surface area contributed by atoms with Crippen molar-refractivity contribution in [2.45, 2.75) is 30.9 Å². The number of amides is 2. The second-order valence-electron chi connectivity index (χ2n) is 7.84. The summed E-state index contributed by atoms with van der Waals surface area (Å²) < 4.78 is 47.5. The van der Waals surface area contributed by atoms with Crippen molar-refractivity contribution in [2.75, 3.05) is 32.7 Å². The number of halogens is 3. The zero-order valence-corrected chi connectivity index (χ0v) is 16.9. The number of likely N-dealkylation sites (tertiary alicyclic amines) is 1. The summed E-state index contributed by atoms with van der Waals surface area (Å²) in [7, 11) is 0. The van der Waals surface area contributed by atoms with E-state index < -0.39 is 30.1 Å². The van der Waals surface area contributed by atoms with E-state index in [1.54, 1.807) is 30.3 Å². The first-order chi connectivity index (χ1) is 14.9. The summed E-state index contributed by atoms with van der Waals surface area (Å²) in [5.74, 6) is -0.411. The van der Waals surface area contributed by atoms with Gasteiger partial charge in [0.1, 0.15) is 0 Å². The minimum atomic E-state index is -4.64. The fourth-order valence-electron chi connectivity index (χ4n) is 3.97. The molecule has 1 aromatic carbocycles. The smallest absolute Gasteiger partial charge is 0.338 e. The lowest BCUT2D eigenvalue weighted by Crippen LogP contribution is -2.47. The Morgan fingerprint density at radius 1 is 1.29 bits per heavy atom. The number of carbonyl (C=O) groups is 1. The SMILES string of the molecule is O=C(NCCC1=CCNCC1)N1CCC(c2nc(-c3ccccc3)no2)(C(F)(F)F)C1. The monoisotopic (exact) mass is 435 g/mol. The quantitative estimate of drug-likeness (QED) is 0.705. The fourth-order valence-corrected chi connectivity index (χ4v) is 3.97. The summed E-state index contributed by atoms with van der Waals surface area (Å²) in [5.41, 5.74) is -0.568. The number of hydrogen-bond donors (Lipinski definition) is 2. The lowest BCUT2D eigenvalue weighted by molar-refractivity contribution is -0.193. The van der Waals surface area contributed by atoms with Crippen LogP contribution in [0.1, 0.15) is 25.2 Å². The maximum Gasteiger partial charge on any atom is 0.405 e. The van der Waals surface area contributed by atoms with Gasteiger partial charge in [-0.25, -0.2) is 4.79 Å². The topological polar surface area (TPSA) is 83.3 Å². The van der Waals surface area contributed by atoms with Crippen LogP contribution in [0.3, 0.4) is 0 Å². The molecular weight excluding hydrogens is 411 g/mol. The molecule has 31 heavy (non-hydrogen) atoms. The number of nitrogens with zero attached hydrogens (tertiary/aromatic N) is 3. The fraction of sp³-hybridized carbons (Fsp3) is 0.476. The molecule has 2 N–H and O–H groups in total. The molecule has 10 heteroatoms. The molecule has 1 fully saturated rings. The number of aromatic nitrogens is 2. The molecule has 0 aliphatic carbocycles. The number of carbonyl (C=O) groups excluding carboxylic acids is 1. The van der Waals surface area contributed by atoms with Crippen LogP contribution >= 0.6 is 0 Å². The number of urea groups is 1. The molecule has 1 saturated heterocycles. The van der Waals surface area contributed by atoms with Crippen LogP contribution < -0.4 is 10.6 Å². The molecule has 0 bridgehead atoms. The van der Waals surface area contributed by atoms with Crippen molar-refractivity contribution in [2.24, 2.45) is 0 Å². The van der Waals surface area contributed by atoms with E-state index in [1.165, 1.54) is 10.5 Å². The van der Waals surface area contributed by atoms with Gasteiger partial charge < -0.3 is 20.1 Å². The van der Waals surface area contributed by atoms with E-state index in [4.69, 9.17) is 4.52 Å².